The lowest BCUT2D eigenvalue weighted by molar-refractivity contribution is 0.0995. The number of likely N-dealkylation sites (tertiary alicyclic amines) is 1. The quantitative estimate of drug-likeness (QED) is 0.675. The number of carbonyl (C=O) groups excluding carboxylic acids is 1. The molecular formula is C20H22N4O2. The van der Waals surface area contributed by atoms with Crippen LogP contribution in [0, 0.1) is 0 Å². The molecule has 1 aromatic carbocycles. The summed E-state index contributed by atoms with van der Waals surface area (Å²) in [7, 11) is 0. The van der Waals surface area contributed by atoms with Crippen molar-refractivity contribution < 1.29 is 4.79 Å². The lowest BCUT2D eigenvalue weighted by atomic mass is 10.1. The molecule has 1 aliphatic rings. The van der Waals surface area contributed by atoms with Gasteiger partial charge in [0.1, 0.15) is 5.69 Å². The van der Waals surface area contributed by atoms with Gasteiger partial charge in [-0.15, -0.1) is 0 Å². The molecule has 0 bridgehead atoms. The van der Waals surface area contributed by atoms with Gasteiger partial charge < -0.3 is 15.7 Å². The molecule has 4 rings (SSSR count). The molecule has 0 unspecified atom stereocenters. The molecule has 26 heavy (non-hydrogen) atoms. The van der Waals surface area contributed by atoms with Crippen molar-refractivity contribution in [3.63, 3.8) is 0 Å². The number of nitrogens with one attached hydrogen (secondary N) is 2. The highest BCUT2D eigenvalue weighted by Crippen LogP contribution is 2.24. The van der Waals surface area contributed by atoms with Crippen molar-refractivity contribution in [2.24, 2.45) is 5.73 Å². The first-order chi connectivity index (χ1) is 12.6. The summed E-state index contributed by atoms with van der Waals surface area (Å²) in [6.07, 6.45) is 3.89. The van der Waals surface area contributed by atoms with E-state index < -0.39 is 5.91 Å². The maximum absolute atomic E-state index is 12.3. The van der Waals surface area contributed by atoms with E-state index >= 15 is 0 Å². The maximum atomic E-state index is 12.3. The molecule has 3 aromatic rings. The van der Waals surface area contributed by atoms with Crippen LogP contribution in [0.2, 0.25) is 0 Å². The first kappa shape index (κ1) is 16.6. The molecule has 2 aromatic heterocycles. The molecule has 6 heteroatoms. The number of amides is 1. The molecule has 3 heterocycles. The Morgan fingerprint density at radius 3 is 2.58 bits per heavy atom. The summed E-state index contributed by atoms with van der Waals surface area (Å²) in [6, 6.07) is 11.5. The molecule has 1 saturated heterocycles. The lowest BCUT2D eigenvalue weighted by Gasteiger charge is -2.26. The van der Waals surface area contributed by atoms with Gasteiger partial charge in [0.15, 0.2) is 0 Å². The molecule has 6 nitrogen and oxygen atoms in total. The first-order valence-corrected chi connectivity index (χ1v) is 8.98. The number of carbonyl (C=O) groups is 1. The zero-order valence-corrected chi connectivity index (χ0v) is 14.5. The second kappa shape index (κ2) is 6.80. The van der Waals surface area contributed by atoms with E-state index in [1.54, 1.807) is 6.07 Å². The van der Waals surface area contributed by atoms with Gasteiger partial charge in [-0.3, -0.25) is 14.5 Å². The zero-order valence-electron chi connectivity index (χ0n) is 14.5. The molecule has 1 aliphatic heterocycles. The van der Waals surface area contributed by atoms with Gasteiger partial charge in [-0.25, -0.2) is 0 Å². The number of nitrogens with zero attached hydrogens (tertiary/aromatic N) is 1. The van der Waals surface area contributed by atoms with Crippen LogP contribution in [0.4, 0.5) is 0 Å². The Labute approximate surface area is 151 Å². The fraction of sp³-hybridized carbons (Fsp3) is 0.300. The van der Waals surface area contributed by atoms with Gasteiger partial charge in [-0.1, -0.05) is 12.5 Å². The second-order valence-electron chi connectivity index (χ2n) is 6.92. The molecule has 0 aliphatic carbocycles. The standard InChI is InChI=1S/C20H22N4O2/c21-19(25)17-7-5-15(20(26)23-17)18-11-14-10-13(4-6-16(14)22-18)12-24-8-2-1-3-9-24/h4-7,10-11,22H,1-3,8-9,12H2,(H2,21,25)(H,23,26). The van der Waals surface area contributed by atoms with Gasteiger partial charge in [0.05, 0.1) is 11.3 Å². The predicted molar refractivity (Wildman–Crippen MR) is 102 cm³/mol. The average molecular weight is 350 g/mol. The third-order valence-electron chi connectivity index (χ3n) is 5.01. The van der Waals surface area contributed by atoms with Gasteiger partial charge in [0.25, 0.3) is 11.5 Å². The molecule has 0 radical (unpaired) electrons. The number of piperidine rings is 1. The number of hydrogen-bond acceptors (Lipinski definition) is 3. The minimum Gasteiger partial charge on any atom is -0.364 e. The minimum absolute atomic E-state index is 0.110. The number of nitrogens with two attached hydrogens (primary N) is 1. The smallest absolute Gasteiger partial charge is 0.265 e. The summed E-state index contributed by atoms with van der Waals surface area (Å²) in [6.45, 7) is 3.29. The number of fused-ring (bicyclic) bond motifs is 1. The van der Waals surface area contributed by atoms with Crippen LogP contribution >= 0.6 is 0 Å². The number of rotatable bonds is 4. The summed E-state index contributed by atoms with van der Waals surface area (Å²) >= 11 is 0. The highest BCUT2D eigenvalue weighted by molar-refractivity contribution is 5.91. The van der Waals surface area contributed by atoms with Crippen molar-refractivity contribution in [3.05, 3.63) is 58.0 Å². The zero-order chi connectivity index (χ0) is 18.1. The van der Waals surface area contributed by atoms with Crippen molar-refractivity contribution in [3.8, 4) is 11.3 Å². The Hall–Kier alpha value is -2.86. The van der Waals surface area contributed by atoms with Crippen molar-refractivity contribution in [1.82, 2.24) is 14.9 Å². The molecule has 4 N–H and O–H groups in total. The number of aromatic amines is 2. The fourth-order valence-electron chi connectivity index (χ4n) is 3.63. The molecular weight excluding hydrogens is 328 g/mol. The van der Waals surface area contributed by atoms with Gasteiger partial charge >= 0.3 is 0 Å². The van der Waals surface area contributed by atoms with Crippen LogP contribution in [-0.4, -0.2) is 33.9 Å². The van der Waals surface area contributed by atoms with Crippen molar-refractivity contribution in [1.29, 1.82) is 0 Å². The van der Waals surface area contributed by atoms with Crippen molar-refractivity contribution >= 4 is 16.8 Å². The highest BCUT2D eigenvalue weighted by atomic mass is 16.1. The monoisotopic (exact) mass is 350 g/mol. The molecule has 1 fully saturated rings. The van der Waals surface area contributed by atoms with E-state index in [1.165, 1.54) is 30.9 Å². The van der Waals surface area contributed by atoms with Gasteiger partial charge in [-0.05, 0) is 61.8 Å². The Morgan fingerprint density at radius 2 is 1.85 bits per heavy atom. The van der Waals surface area contributed by atoms with Crippen molar-refractivity contribution in [2.75, 3.05) is 13.1 Å². The van der Waals surface area contributed by atoms with Gasteiger partial charge in [0.2, 0.25) is 0 Å². The first-order valence-electron chi connectivity index (χ1n) is 8.98. The second-order valence-corrected chi connectivity index (χ2v) is 6.92. The summed E-state index contributed by atoms with van der Waals surface area (Å²) in [5.74, 6) is -0.646. The van der Waals surface area contributed by atoms with E-state index in [9.17, 15) is 9.59 Å². The summed E-state index contributed by atoms with van der Waals surface area (Å²) in [5.41, 5.74) is 8.47. The van der Waals surface area contributed by atoms with E-state index in [-0.39, 0.29) is 11.3 Å². The summed E-state index contributed by atoms with van der Waals surface area (Å²) in [5, 5.41) is 1.08. The third kappa shape index (κ3) is 3.28. The van der Waals surface area contributed by atoms with E-state index in [0.29, 0.717) is 5.56 Å². The van der Waals surface area contributed by atoms with Gasteiger partial charge in [-0.2, -0.15) is 0 Å². The van der Waals surface area contributed by atoms with Crippen LogP contribution in [-0.2, 0) is 6.54 Å². The molecule has 0 saturated carbocycles. The van der Waals surface area contributed by atoms with Crippen LogP contribution in [0.5, 0.6) is 0 Å². The fourth-order valence-corrected chi connectivity index (χ4v) is 3.63. The third-order valence-corrected chi connectivity index (χ3v) is 5.01. The number of hydrogen-bond donors (Lipinski definition) is 3. The molecule has 134 valence electrons. The van der Waals surface area contributed by atoms with Crippen LogP contribution in [0.25, 0.3) is 22.2 Å². The SMILES string of the molecule is NC(=O)c1ccc(-c2cc3cc(CN4CCCCC4)ccc3[nH]2)c(=O)[nH]1. The van der Waals surface area contributed by atoms with Crippen molar-refractivity contribution in [2.45, 2.75) is 25.8 Å². The van der Waals surface area contributed by atoms with E-state index in [4.69, 9.17) is 5.73 Å². The number of aromatic nitrogens is 2. The normalized spacial score (nSPS) is 15.4. The number of pyridine rings is 1. The largest absolute Gasteiger partial charge is 0.364 e. The van der Waals surface area contributed by atoms with Gasteiger partial charge in [0, 0.05) is 17.4 Å². The lowest BCUT2D eigenvalue weighted by Crippen LogP contribution is -2.28. The maximum Gasteiger partial charge on any atom is 0.265 e. The molecule has 1 amide bonds. The minimum atomic E-state index is -0.646. The number of H-pyrrole nitrogens is 2. The van der Waals surface area contributed by atoms with Crippen LogP contribution in [0.15, 0.2) is 41.2 Å². The Balaban J connectivity index is 1.63. The Bertz CT molecular complexity index is 1010. The number of benzene rings is 1. The molecule has 0 spiro atoms. The summed E-state index contributed by atoms with van der Waals surface area (Å²) in [4.78, 5) is 31.7. The molecule has 0 atom stereocenters. The number of primary amides is 1. The van der Waals surface area contributed by atoms with E-state index in [1.807, 2.05) is 6.07 Å². The van der Waals surface area contributed by atoms with Crippen LogP contribution in [0.1, 0.15) is 35.3 Å². The van der Waals surface area contributed by atoms with E-state index in [0.717, 1.165) is 36.2 Å². The van der Waals surface area contributed by atoms with Crippen LogP contribution < -0.4 is 11.3 Å². The highest BCUT2D eigenvalue weighted by Gasteiger charge is 2.13. The topological polar surface area (TPSA) is 95.0 Å². The van der Waals surface area contributed by atoms with E-state index in [2.05, 4.69) is 33.1 Å². The summed E-state index contributed by atoms with van der Waals surface area (Å²) < 4.78 is 0. The Kier molecular flexibility index (Phi) is 4.34. The average Bonchev–Trinajstić information content (AvgIpc) is 3.05. The Morgan fingerprint density at radius 1 is 1.04 bits per heavy atom. The predicted octanol–water partition coefficient (Wildman–Crippen LogP) is 2.61. The van der Waals surface area contributed by atoms with Crippen LogP contribution in [0.3, 0.4) is 0 Å².